The molecule has 0 unspecified atom stereocenters. The van der Waals surface area contributed by atoms with Crippen LogP contribution in [0.25, 0.3) is 0 Å². The molecule has 5 aromatic heterocycles. The molecule has 19 nitrogen and oxygen atoms in total. The standard InChI is InChI=1S/C16H25N5O.C11H17N3.C10H15N3.C9H13N3O.C9H13N3/c1-19-8-10-21(11-9-19)16(22)13-3-6-20(7-4-13)15-2-5-18-12-14(15)17;12-10-9-13-6-5-11(10)14-7-3-1-2-4-8-14;11-9-8-12-5-4-10(9)13-6-2-1-3-7-13;10-8-7-11-2-1-9(8)12-3-5-13-6-4-12;10-8-7-11-4-3-9(8)12-5-1-2-6-12/h2,5,12-13H,3-4,6-11,17H2,1H3;5-6,9H,1-4,7-8,12H2;4-5,8H,1-3,6-7,11H2;1-2,7H,3-6,10H2;3-4,7H,1-2,5-6,10H2. The second kappa shape index (κ2) is 29.1. The summed E-state index contributed by atoms with van der Waals surface area (Å²) in [5.74, 6) is 0.512. The third-order valence-electron chi connectivity index (χ3n) is 14.6. The molecular weight excluding hydrogens is 931 g/mol. The molecule has 0 radical (unpaired) electrons. The van der Waals surface area contributed by atoms with Gasteiger partial charge in [-0.2, -0.15) is 0 Å². The van der Waals surface area contributed by atoms with Gasteiger partial charge in [0.05, 0.1) is 101 Å². The van der Waals surface area contributed by atoms with Crippen molar-refractivity contribution in [2.75, 3.05) is 165 Å². The Morgan fingerprint density at radius 3 is 1.01 bits per heavy atom. The lowest BCUT2D eigenvalue weighted by Crippen LogP contribution is -2.50. The topological polar surface area (TPSA) is 244 Å². The van der Waals surface area contributed by atoms with Crippen molar-refractivity contribution in [1.82, 2.24) is 34.7 Å². The molecule has 0 bridgehead atoms. The summed E-state index contributed by atoms with van der Waals surface area (Å²) < 4.78 is 5.26. The van der Waals surface area contributed by atoms with Gasteiger partial charge in [-0.1, -0.05) is 12.8 Å². The number of morpholine rings is 1. The van der Waals surface area contributed by atoms with Crippen LogP contribution in [0.5, 0.6) is 0 Å². The number of amides is 1. The first-order valence-electron chi connectivity index (χ1n) is 26.9. The summed E-state index contributed by atoms with van der Waals surface area (Å²) in [6, 6.07) is 9.90. The number of carbonyl (C=O) groups is 1. The molecule has 0 aromatic carbocycles. The summed E-state index contributed by atoms with van der Waals surface area (Å²) in [6.45, 7) is 15.7. The Bertz CT molecular complexity index is 2350. The number of ether oxygens (including phenoxy) is 1. The van der Waals surface area contributed by atoms with Crippen LogP contribution in [-0.2, 0) is 9.53 Å². The van der Waals surface area contributed by atoms with Crippen molar-refractivity contribution < 1.29 is 9.53 Å². The minimum atomic E-state index is 0.169. The van der Waals surface area contributed by atoms with Gasteiger partial charge in [0, 0.05) is 129 Å². The number of nitrogens with zero attached hydrogens (tertiary/aromatic N) is 12. The fourth-order valence-electron chi connectivity index (χ4n) is 10.3. The predicted molar refractivity (Wildman–Crippen MR) is 303 cm³/mol. The summed E-state index contributed by atoms with van der Waals surface area (Å²) >= 11 is 0. The molecule has 6 aliphatic heterocycles. The summed E-state index contributed by atoms with van der Waals surface area (Å²) in [6.07, 6.45) is 31.1. The number of rotatable bonds is 6. The smallest absolute Gasteiger partial charge is 0.225 e. The van der Waals surface area contributed by atoms with Gasteiger partial charge < -0.3 is 67.7 Å². The predicted octanol–water partition coefficient (Wildman–Crippen LogP) is 6.12. The maximum absolute atomic E-state index is 12.6. The third kappa shape index (κ3) is 16.3. The Balaban J connectivity index is 0.000000138. The molecule has 0 atom stereocenters. The van der Waals surface area contributed by atoms with E-state index in [1.54, 1.807) is 55.8 Å². The lowest BCUT2D eigenvalue weighted by molar-refractivity contribution is -0.137. The van der Waals surface area contributed by atoms with Crippen LogP contribution in [0.4, 0.5) is 56.9 Å². The van der Waals surface area contributed by atoms with Crippen LogP contribution in [0, 0.1) is 5.92 Å². The Labute approximate surface area is 439 Å². The van der Waals surface area contributed by atoms with Gasteiger partial charge in [0.15, 0.2) is 0 Å². The van der Waals surface area contributed by atoms with E-state index in [4.69, 9.17) is 33.4 Å². The molecule has 6 fully saturated rings. The molecule has 10 N–H and O–H groups in total. The molecule has 6 aliphatic rings. The van der Waals surface area contributed by atoms with Crippen molar-refractivity contribution in [1.29, 1.82) is 0 Å². The molecule has 19 heteroatoms. The fraction of sp³-hybridized carbons (Fsp3) is 0.527. The van der Waals surface area contributed by atoms with Gasteiger partial charge in [-0.05, 0) is 95.2 Å². The second-order valence-corrected chi connectivity index (χ2v) is 19.8. The van der Waals surface area contributed by atoms with Crippen molar-refractivity contribution in [3.63, 3.8) is 0 Å². The quantitative estimate of drug-likeness (QED) is 0.129. The van der Waals surface area contributed by atoms with Crippen LogP contribution in [0.1, 0.15) is 70.6 Å². The average Bonchev–Trinajstić information content (AvgIpc) is 3.85. The zero-order valence-electron chi connectivity index (χ0n) is 43.9. The van der Waals surface area contributed by atoms with Crippen molar-refractivity contribution in [2.24, 2.45) is 5.92 Å². The monoisotopic (exact) mass is 1010 g/mol. The number of hydrogen-bond donors (Lipinski definition) is 5. The highest BCUT2D eigenvalue weighted by molar-refractivity contribution is 5.79. The fourth-order valence-corrected chi connectivity index (χ4v) is 10.3. The molecule has 0 spiro atoms. The molecular formula is C55H83N17O2. The van der Waals surface area contributed by atoms with E-state index in [-0.39, 0.29) is 5.92 Å². The molecule has 400 valence electrons. The minimum Gasteiger partial charge on any atom is -0.396 e. The highest BCUT2D eigenvalue weighted by Crippen LogP contribution is 2.30. The van der Waals surface area contributed by atoms with Crippen LogP contribution in [0.3, 0.4) is 0 Å². The van der Waals surface area contributed by atoms with Crippen molar-refractivity contribution in [2.45, 2.75) is 70.6 Å². The van der Waals surface area contributed by atoms with E-state index >= 15 is 0 Å². The zero-order chi connectivity index (χ0) is 51.9. The molecule has 74 heavy (non-hydrogen) atoms. The number of pyridine rings is 5. The number of likely N-dealkylation sites (N-methyl/N-ethyl adjacent to an activating group) is 1. The second-order valence-electron chi connectivity index (χ2n) is 19.8. The number of piperazine rings is 1. The van der Waals surface area contributed by atoms with Gasteiger partial charge >= 0.3 is 0 Å². The molecule has 1 amide bonds. The number of piperidine rings is 2. The lowest BCUT2D eigenvalue weighted by Gasteiger charge is -2.38. The van der Waals surface area contributed by atoms with Gasteiger partial charge in [0.1, 0.15) is 0 Å². The lowest BCUT2D eigenvalue weighted by atomic mass is 9.94. The zero-order valence-corrected chi connectivity index (χ0v) is 43.9. The Hall–Kier alpha value is -6.86. The largest absolute Gasteiger partial charge is 0.396 e. The van der Waals surface area contributed by atoms with Crippen LogP contribution >= 0.6 is 0 Å². The van der Waals surface area contributed by atoms with E-state index in [2.05, 4.69) is 61.4 Å². The van der Waals surface area contributed by atoms with Crippen LogP contribution < -0.4 is 53.2 Å². The average molecular weight is 1010 g/mol. The molecule has 0 aliphatic carbocycles. The van der Waals surface area contributed by atoms with E-state index in [1.807, 2.05) is 41.4 Å². The van der Waals surface area contributed by atoms with E-state index in [1.165, 1.54) is 57.8 Å². The van der Waals surface area contributed by atoms with Crippen molar-refractivity contribution in [3.8, 4) is 0 Å². The van der Waals surface area contributed by atoms with Gasteiger partial charge in [-0.25, -0.2) is 0 Å². The Morgan fingerprint density at radius 2 is 0.689 bits per heavy atom. The van der Waals surface area contributed by atoms with Crippen molar-refractivity contribution >= 4 is 62.8 Å². The van der Waals surface area contributed by atoms with Crippen LogP contribution in [0.2, 0.25) is 0 Å². The summed E-state index contributed by atoms with van der Waals surface area (Å²) in [5, 5.41) is 0. The first-order valence-corrected chi connectivity index (χ1v) is 26.9. The number of aromatic nitrogens is 5. The number of hydrogen-bond acceptors (Lipinski definition) is 18. The number of anilines is 10. The highest BCUT2D eigenvalue weighted by atomic mass is 16.5. The summed E-state index contributed by atoms with van der Waals surface area (Å²) in [5.41, 5.74) is 38.7. The molecule has 11 rings (SSSR count). The van der Waals surface area contributed by atoms with Crippen LogP contribution in [0.15, 0.2) is 92.3 Å². The molecule has 11 heterocycles. The first kappa shape index (κ1) is 54.9. The minimum absolute atomic E-state index is 0.169. The van der Waals surface area contributed by atoms with Crippen molar-refractivity contribution in [3.05, 3.63) is 92.3 Å². The Morgan fingerprint density at radius 1 is 0.405 bits per heavy atom. The molecule has 6 saturated heterocycles. The first-order chi connectivity index (χ1) is 36.2. The van der Waals surface area contributed by atoms with Gasteiger partial charge in [-0.3, -0.25) is 29.7 Å². The van der Waals surface area contributed by atoms with E-state index in [9.17, 15) is 4.79 Å². The summed E-state index contributed by atoms with van der Waals surface area (Å²) in [4.78, 5) is 48.4. The van der Waals surface area contributed by atoms with E-state index < -0.39 is 0 Å². The molecule has 5 aromatic rings. The van der Waals surface area contributed by atoms with Gasteiger partial charge in [0.25, 0.3) is 0 Å². The van der Waals surface area contributed by atoms with E-state index in [0.717, 1.165) is 169 Å². The van der Waals surface area contributed by atoms with Gasteiger partial charge in [-0.15, -0.1) is 0 Å². The highest BCUT2D eigenvalue weighted by Gasteiger charge is 2.30. The van der Waals surface area contributed by atoms with Crippen LogP contribution in [-0.4, -0.2) is 153 Å². The molecule has 0 saturated carbocycles. The number of nitrogens with two attached hydrogens (primary N) is 5. The normalized spacial score (nSPS) is 18.5. The van der Waals surface area contributed by atoms with Gasteiger partial charge in [0.2, 0.25) is 5.91 Å². The number of carbonyl (C=O) groups excluding carboxylic acids is 1. The summed E-state index contributed by atoms with van der Waals surface area (Å²) in [7, 11) is 2.11. The van der Waals surface area contributed by atoms with E-state index in [0.29, 0.717) is 11.6 Å². The maximum atomic E-state index is 12.6. The SMILES string of the molecule is CN1CCN(C(=O)C2CCN(c3ccncc3N)CC2)CC1.Nc1cnccc1N1CCCC1.Nc1cnccc1N1CCCCC1.Nc1cnccc1N1CCCCCC1.Nc1cnccc1N1CCOCC1. The third-order valence-corrected chi connectivity index (χ3v) is 14.6. The Kier molecular flexibility index (Phi) is 21.6. The maximum Gasteiger partial charge on any atom is 0.225 e. The number of nitrogen functional groups attached to an aromatic ring is 5.